The first kappa shape index (κ1) is 13.1. The van der Waals surface area contributed by atoms with E-state index in [1.54, 1.807) is 0 Å². The van der Waals surface area contributed by atoms with Gasteiger partial charge in [0.15, 0.2) is 0 Å². The Morgan fingerprint density at radius 1 is 1.33 bits per heavy atom. The highest BCUT2D eigenvalue weighted by Crippen LogP contribution is 2.30. The molecule has 1 N–H and O–H groups in total. The quantitative estimate of drug-likeness (QED) is 0.863. The highest BCUT2D eigenvalue weighted by atomic mass is 16.2. The molecule has 0 aliphatic heterocycles. The van der Waals surface area contributed by atoms with E-state index < -0.39 is 0 Å². The van der Waals surface area contributed by atoms with Gasteiger partial charge in [0.1, 0.15) is 0 Å². The second-order valence-electron chi connectivity index (χ2n) is 4.82. The average Bonchev–Trinajstić information content (AvgIpc) is 2.79. The lowest BCUT2D eigenvalue weighted by molar-refractivity contribution is -0.122. The molecule has 1 aromatic carbocycles. The summed E-state index contributed by atoms with van der Waals surface area (Å²) in [5.41, 5.74) is 2.68. The second kappa shape index (κ2) is 6.01. The number of fused-ring (bicyclic) bond motifs is 1. The molecule has 3 nitrogen and oxygen atoms in total. The van der Waals surface area contributed by atoms with Crippen molar-refractivity contribution < 1.29 is 4.79 Å². The molecule has 0 unspecified atom stereocenters. The van der Waals surface area contributed by atoms with Gasteiger partial charge in [0.2, 0.25) is 5.91 Å². The highest BCUT2D eigenvalue weighted by molar-refractivity contribution is 5.78. The average molecular weight is 246 g/mol. The summed E-state index contributed by atoms with van der Waals surface area (Å²) in [4.78, 5) is 14.1. The smallest absolute Gasteiger partial charge is 0.234 e. The summed E-state index contributed by atoms with van der Waals surface area (Å²) in [5, 5.41) is 3.15. The van der Waals surface area contributed by atoms with Gasteiger partial charge in [-0.05, 0) is 37.1 Å². The molecule has 18 heavy (non-hydrogen) atoms. The van der Waals surface area contributed by atoms with Crippen LogP contribution in [0.2, 0.25) is 0 Å². The molecule has 0 radical (unpaired) electrons. The van der Waals surface area contributed by atoms with Crippen molar-refractivity contribution in [3.8, 4) is 0 Å². The van der Waals surface area contributed by atoms with E-state index in [9.17, 15) is 4.79 Å². The molecular formula is C15H22N2O. The zero-order chi connectivity index (χ0) is 13.0. The Kier molecular flexibility index (Phi) is 4.37. The van der Waals surface area contributed by atoms with Crippen molar-refractivity contribution in [1.82, 2.24) is 10.2 Å². The third-order valence-corrected chi connectivity index (χ3v) is 3.73. The predicted octanol–water partition coefficient (Wildman–Crippen LogP) is 2.13. The summed E-state index contributed by atoms with van der Waals surface area (Å²) in [6, 6.07) is 8.62. The Labute approximate surface area is 109 Å². The van der Waals surface area contributed by atoms with Gasteiger partial charge in [0, 0.05) is 0 Å². The van der Waals surface area contributed by atoms with Gasteiger partial charge in [-0.3, -0.25) is 9.69 Å². The van der Waals surface area contributed by atoms with E-state index in [4.69, 9.17) is 0 Å². The van der Waals surface area contributed by atoms with Crippen molar-refractivity contribution in [2.75, 3.05) is 19.6 Å². The zero-order valence-electron chi connectivity index (χ0n) is 11.3. The van der Waals surface area contributed by atoms with Gasteiger partial charge >= 0.3 is 0 Å². The topological polar surface area (TPSA) is 32.3 Å². The van der Waals surface area contributed by atoms with E-state index >= 15 is 0 Å². The van der Waals surface area contributed by atoms with Crippen LogP contribution in [0.3, 0.4) is 0 Å². The number of rotatable bonds is 5. The van der Waals surface area contributed by atoms with Crippen LogP contribution in [0, 0.1) is 0 Å². The Hall–Kier alpha value is -1.35. The Morgan fingerprint density at radius 2 is 2.06 bits per heavy atom. The van der Waals surface area contributed by atoms with E-state index in [2.05, 4.69) is 42.3 Å². The predicted molar refractivity (Wildman–Crippen MR) is 73.4 cm³/mol. The van der Waals surface area contributed by atoms with Crippen LogP contribution in [0.15, 0.2) is 24.3 Å². The molecule has 0 saturated carbocycles. The van der Waals surface area contributed by atoms with Crippen LogP contribution < -0.4 is 5.32 Å². The number of benzene rings is 1. The summed E-state index contributed by atoms with van der Waals surface area (Å²) >= 11 is 0. The number of aryl methyl sites for hydroxylation is 1. The Balaban J connectivity index is 1.93. The highest BCUT2D eigenvalue weighted by Gasteiger charge is 2.23. The SMILES string of the molecule is CCN(CC)CC(=O)N[C@@H]1CCc2ccccc21. The number of amides is 1. The third-order valence-electron chi connectivity index (χ3n) is 3.73. The Bertz CT molecular complexity index is 413. The number of carbonyl (C=O) groups excluding carboxylic acids is 1. The fraction of sp³-hybridized carbons (Fsp3) is 0.533. The number of hydrogen-bond donors (Lipinski definition) is 1. The van der Waals surface area contributed by atoms with Crippen LogP contribution in [0.5, 0.6) is 0 Å². The van der Waals surface area contributed by atoms with Crippen molar-refractivity contribution in [2.45, 2.75) is 32.7 Å². The molecule has 2 rings (SSSR count). The maximum Gasteiger partial charge on any atom is 0.234 e. The fourth-order valence-electron chi connectivity index (χ4n) is 2.60. The maximum atomic E-state index is 12.0. The van der Waals surface area contributed by atoms with Gasteiger partial charge in [-0.15, -0.1) is 0 Å². The van der Waals surface area contributed by atoms with E-state index in [1.165, 1.54) is 11.1 Å². The van der Waals surface area contributed by atoms with Crippen molar-refractivity contribution >= 4 is 5.91 Å². The van der Waals surface area contributed by atoms with Crippen molar-refractivity contribution in [3.63, 3.8) is 0 Å². The minimum Gasteiger partial charge on any atom is -0.348 e. The van der Waals surface area contributed by atoms with Crippen LogP contribution >= 0.6 is 0 Å². The summed E-state index contributed by atoms with van der Waals surface area (Å²) in [6.45, 7) is 6.52. The molecular weight excluding hydrogens is 224 g/mol. The largest absolute Gasteiger partial charge is 0.348 e. The molecule has 0 saturated heterocycles. The monoisotopic (exact) mass is 246 g/mol. The van der Waals surface area contributed by atoms with Gasteiger partial charge in [0.25, 0.3) is 0 Å². The number of hydrogen-bond acceptors (Lipinski definition) is 2. The number of nitrogens with one attached hydrogen (secondary N) is 1. The molecule has 0 bridgehead atoms. The maximum absolute atomic E-state index is 12.0. The van der Waals surface area contributed by atoms with Gasteiger partial charge in [-0.25, -0.2) is 0 Å². The number of carbonyl (C=O) groups is 1. The Morgan fingerprint density at radius 3 is 2.78 bits per heavy atom. The third kappa shape index (κ3) is 2.91. The van der Waals surface area contributed by atoms with Crippen molar-refractivity contribution in [3.05, 3.63) is 35.4 Å². The van der Waals surface area contributed by atoms with Crippen LogP contribution in [-0.4, -0.2) is 30.4 Å². The molecule has 1 aromatic rings. The van der Waals surface area contributed by atoms with E-state index in [1.807, 2.05) is 6.07 Å². The lowest BCUT2D eigenvalue weighted by Crippen LogP contribution is -2.38. The van der Waals surface area contributed by atoms with Gasteiger partial charge in [0.05, 0.1) is 12.6 Å². The first-order valence-electron chi connectivity index (χ1n) is 6.84. The molecule has 1 aliphatic carbocycles. The fourth-order valence-corrected chi connectivity index (χ4v) is 2.60. The van der Waals surface area contributed by atoms with Crippen LogP contribution in [-0.2, 0) is 11.2 Å². The van der Waals surface area contributed by atoms with E-state index in [0.717, 1.165) is 25.9 Å². The number of nitrogens with zero attached hydrogens (tertiary/aromatic N) is 1. The summed E-state index contributed by atoms with van der Waals surface area (Å²) in [5.74, 6) is 0.139. The summed E-state index contributed by atoms with van der Waals surface area (Å²) < 4.78 is 0. The molecule has 0 spiro atoms. The first-order chi connectivity index (χ1) is 8.74. The molecule has 3 heteroatoms. The summed E-state index contributed by atoms with van der Waals surface area (Å²) in [7, 11) is 0. The molecule has 1 amide bonds. The van der Waals surface area contributed by atoms with Crippen LogP contribution in [0.1, 0.15) is 37.4 Å². The molecule has 0 fully saturated rings. The van der Waals surface area contributed by atoms with E-state index in [-0.39, 0.29) is 11.9 Å². The minimum absolute atomic E-state index is 0.139. The molecule has 98 valence electrons. The molecule has 0 aromatic heterocycles. The second-order valence-corrected chi connectivity index (χ2v) is 4.82. The minimum atomic E-state index is 0.139. The van der Waals surface area contributed by atoms with Crippen molar-refractivity contribution in [1.29, 1.82) is 0 Å². The first-order valence-corrected chi connectivity index (χ1v) is 6.84. The zero-order valence-corrected chi connectivity index (χ0v) is 11.3. The summed E-state index contributed by atoms with van der Waals surface area (Å²) in [6.07, 6.45) is 2.11. The lowest BCUT2D eigenvalue weighted by atomic mass is 10.1. The van der Waals surface area contributed by atoms with Crippen molar-refractivity contribution in [2.24, 2.45) is 0 Å². The molecule has 1 atom stereocenters. The van der Waals surface area contributed by atoms with Gasteiger partial charge < -0.3 is 5.32 Å². The molecule has 1 aliphatic rings. The lowest BCUT2D eigenvalue weighted by Gasteiger charge is -2.20. The molecule has 0 heterocycles. The number of likely N-dealkylation sites (N-methyl/N-ethyl adjacent to an activating group) is 1. The standard InChI is InChI=1S/C15H22N2O/c1-3-17(4-2)11-15(18)16-14-10-9-12-7-5-6-8-13(12)14/h5-8,14H,3-4,9-11H2,1-2H3,(H,16,18)/t14-/m1/s1. The van der Waals surface area contributed by atoms with Gasteiger partial charge in [-0.2, -0.15) is 0 Å². The normalized spacial score (nSPS) is 17.8. The van der Waals surface area contributed by atoms with Crippen LogP contribution in [0.25, 0.3) is 0 Å². The van der Waals surface area contributed by atoms with Crippen LogP contribution in [0.4, 0.5) is 0 Å². The van der Waals surface area contributed by atoms with Gasteiger partial charge in [-0.1, -0.05) is 38.1 Å². The van der Waals surface area contributed by atoms with E-state index in [0.29, 0.717) is 6.54 Å².